The van der Waals surface area contributed by atoms with Crippen molar-refractivity contribution in [1.82, 2.24) is 0 Å². The first-order chi connectivity index (χ1) is 16.3. The van der Waals surface area contributed by atoms with E-state index in [9.17, 15) is 14.4 Å². The van der Waals surface area contributed by atoms with Gasteiger partial charge in [0.2, 0.25) is 0 Å². The average molecular weight is 523 g/mol. The Morgan fingerprint density at radius 2 is 1.91 bits per heavy atom. The first-order valence-electron chi connectivity index (χ1n) is 10.7. The first kappa shape index (κ1) is 25.0. The predicted molar refractivity (Wildman–Crippen MR) is 134 cm³/mol. The lowest BCUT2D eigenvalue weighted by molar-refractivity contribution is -0.112. The van der Waals surface area contributed by atoms with Gasteiger partial charge in [-0.1, -0.05) is 30.3 Å². The number of carbonyl (C=O) groups is 1. The number of ether oxygens (including phenoxy) is 2. The fourth-order valence-corrected chi connectivity index (χ4v) is 3.81. The van der Waals surface area contributed by atoms with Gasteiger partial charge in [0, 0.05) is 11.3 Å². The van der Waals surface area contributed by atoms with Crippen molar-refractivity contribution in [2.75, 3.05) is 11.9 Å². The molecule has 0 fully saturated rings. The highest BCUT2D eigenvalue weighted by Crippen LogP contribution is 2.38. The molecule has 0 spiro atoms. The maximum Gasteiger partial charge on any atom is 0.266 e. The van der Waals surface area contributed by atoms with E-state index in [1.807, 2.05) is 39.0 Å². The average Bonchev–Trinajstić information content (AvgIpc) is 2.81. The van der Waals surface area contributed by atoms with Crippen molar-refractivity contribution in [2.24, 2.45) is 0 Å². The van der Waals surface area contributed by atoms with Crippen LogP contribution in [0.3, 0.4) is 0 Å². The topological polar surface area (TPSA) is 71.3 Å². The smallest absolute Gasteiger partial charge is 0.266 e. The van der Waals surface area contributed by atoms with Crippen LogP contribution in [0.15, 0.2) is 64.6 Å². The number of hydrogen-bond acceptors (Lipinski definition) is 4. The van der Waals surface area contributed by atoms with Crippen LogP contribution in [-0.2, 0) is 11.4 Å². The Balaban J connectivity index is 1.87. The molecule has 0 saturated heterocycles. The molecule has 0 saturated carbocycles. The summed E-state index contributed by atoms with van der Waals surface area (Å²) in [5.74, 6) is -0.0536. The van der Waals surface area contributed by atoms with Crippen LogP contribution in [0.5, 0.6) is 11.5 Å². The van der Waals surface area contributed by atoms with Gasteiger partial charge >= 0.3 is 0 Å². The number of hydrogen-bond donors (Lipinski definition) is 1. The third kappa shape index (κ3) is 6.03. The fraction of sp³-hybridized carbons (Fsp3) is 0.185. The van der Waals surface area contributed by atoms with Gasteiger partial charge in [-0.15, -0.1) is 0 Å². The standard InChI is InChI=1S/C27H24BrFN2O3/c1-4-33-25-14-19(13-22(28)26(25)34-16-20-9-5-6-10-23(20)29)12-21(15-30)27(32)31-24-11-7-8-17(2)18(24)3/h5-14H,4,16H2,1-3H3,(H,31,32)/b21-12+. The third-order valence-electron chi connectivity index (χ3n) is 5.19. The van der Waals surface area contributed by atoms with Crippen molar-refractivity contribution in [2.45, 2.75) is 27.4 Å². The number of nitrogens with zero attached hydrogens (tertiary/aromatic N) is 1. The lowest BCUT2D eigenvalue weighted by atomic mass is 10.1. The summed E-state index contributed by atoms with van der Waals surface area (Å²) in [5.41, 5.74) is 3.55. The number of rotatable bonds is 8. The molecule has 0 aliphatic rings. The highest BCUT2D eigenvalue weighted by molar-refractivity contribution is 9.10. The van der Waals surface area contributed by atoms with E-state index >= 15 is 0 Å². The van der Waals surface area contributed by atoms with Gasteiger partial charge in [0.05, 0.1) is 11.1 Å². The second kappa shape index (κ2) is 11.5. The molecule has 0 aromatic heterocycles. The fourth-order valence-electron chi connectivity index (χ4n) is 3.23. The zero-order chi connectivity index (χ0) is 24.7. The maximum absolute atomic E-state index is 14.0. The number of amides is 1. The van der Waals surface area contributed by atoms with E-state index in [1.165, 1.54) is 12.1 Å². The number of nitriles is 1. The van der Waals surface area contributed by atoms with E-state index in [4.69, 9.17) is 9.47 Å². The zero-order valence-corrected chi connectivity index (χ0v) is 20.7. The normalized spacial score (nSPS) is 11.0. The van der Waals surface area contributed by atoms with Crippen LogP contribution in [0, 0.1) is 31.0 Å². The molecule has 1 N–H and O–H groups in total. The highest BCUT2D eigenvalue weighted by Gasteiger charge is 2.16. The van der Waals surface area contributed by atoms with Crippen molar-refractivity contribution < 1.29 is 18.7 Å². The van der Waals surface area contributed by atoms with E-state index < -0.39 is 5.91 Å². The largest absolute Gasteiger partial charge is 0.490 e. The van der Waals surface area contributed by atoms with E-state index in [2.05, 4.69) is 21.2 Å². The van der Waals surface area contributed by atoms with E-state index in [0.717, 1.165) is 11.1 Å². The molecule has 34 heavy (non-hydrogen) atoms. The lowest BCUT2D eigenvalue weighted by Gasteiger charge is -2.15. The molecule has 7 heteroatoms. The molecule has 0 heterocycles. The van der Waals surface area contributed by atoms with E-state index in [-0.39, 0.29) is 18.0 Å². The lowest BCUT2D eigenvalue weighted by Crippen LogP contribution is -2.14. The summed E-state index contributed by atoms with van der Waals surface area (Å²) in [6.07, 6.45) is 1.48. The monoisotopic (exact) mass is 522 g/mol. The third-order valence-corrected chi connectivity index (χ3v) is 5.78. The maximum atomic E-state index is 14.0. The van der Waals surface area contributed by atoms with Gasteiger partial charge in [-0.25, -0.2) is 4.39 Å². The summed E-state index contributed by atoms with van der Waals surface area (Å²) in [4.78, 5) is 12.8. The van der Waals surface area contributed by atoms with Crippen molar-refractivity contribution in [3.8, 4) is 17.6 Å². The van der Waals surface area contributed by atoms with Gasteiger partial charge in [0.15, 0.2) is 11.5 Å². The minimum atomic E-state index is -0.509. The molecule has 3 aromatic carbocycles. The molecule has 0 unspecified atom stereocenters. The molecular formula is C27H24BrFN2O3. The van der Waals surface area contributed by atoms with Gasteiger partial charge in [0.1, 0.15) is 24.1 Å². The molecule has 0 atom stereocenters. The van der Waals surface area contributed by atoms with Crippen LogP contribution >= 0.6 is 15.9 Å². The first-order valence-corrected chi connectivity index (χ1v) is 11.4. The van der Waals surface area contributed by atoms with Gasteiger partial charge < -0.3 is 14.8 Å². The van der Waals surface area contributed by atoms with Crippen molar-refractivity contribution in [1.29, 1.82) is 5.26 Å². The number of benzene rings is 3. The Morgan fingerprint density at radius 1 is 1.15 bits per heavy atom. The Kier molecular flexibility index (Phi) is 8.44. The molecule has 5 nitrogen and oxygen atoms in total. The minimum absolute atomic E-state index is 0.0161. The Bertz CT molecular complexity index is 1280. The second-order valence-corrected chi connectivity index (χ2v) is 8.37. The molecule has 174 valence electrons. The Labute approximate surface area is 207 Å². The number of nitrogens with one attached hydrogen (secondary N) is 1. The van der Waals surface area contributed by atoms with Crippen molar-refractivity contribution in [3.05, 3.63) is 92.7 Å². The summed E-state index contributed by atoms with van der Waals surface area (Å²) in [5, 5.41) is 12.4. The molecular weight excluding hydrogens is 499 g/mol. The Morgan fingerprint density at radius 3 is 2.62 bits per heavy atom. The van der Waals surface area contributed by atoms with Crippen LogP contribution in [-0.4, -0.2) is 12.5 Å². The second-order valence-electron chi connectivity index (χ2n) is 7.51. The number of anilines is 1. The van der Waals surface area contributed by atoms with Crippen molar-refractivity contribution >= 4 is 33.6 Å². The molecule has 1 amide bonds. The predicted octanol–water partition coefficient (Wildman–Crippen LogP) is 6.73. The summed E-state index contributed by atoms with van der Waals surface area (Å²) < 4.78 is 26.1. The van der Waals surface area contributed by atoms with Crippen LogP contribution in [0.1, 0.15) is 29.2 Å². The summed E-state index contributed by atoms with van der Waals surface area (Å²) in [6.45, 7) is 6.08. The summed E-state index contributed by atoms with van der Waals surface area (Å²) >= 11 is 3.47. The number of halogens is 2. The van der Waals surface area contributed by atoms with Gasteiger partial charge in [-0.05, 0) is 83.7 Å². The van der Waals surface area contributed by atoms with Gasteiger partial charge in [-0.3, -0.25) is 4.79 Å². The molecule has 0 aliphatic carbocycles. The zero-order valence-electron chi connectivity index (χ0n) is 19.1. The summed E-state index contributed by atoms with van der Waals surface area (Å²) in [7, 11) is 0. The molecule has 3 aromatic rings. The summed E-state index contributed by atoms with van der Waals surface area (Å²) in [6, 6.07) is 17.3. The van der Waals surface area contributed by atoms with Crippen LogP contribution < -0.4 is 14.8 Å². The molecule has 3 rings (SSSR count). The van der Waals surface area contributed by atoms with E-state index in [0.29, 0.717) is 39.4 Å². The van der Waals surface area contributed by atoms with Crippen LogP contribution in [0.2, 0.25) is 0 Å². The van der Waals surface area contributed by atoms with E-state index in [1.54, 1.807) is 36.4 Å². The quantitative estimate of drug-likeness (QED) is 0.263. The highest BCUT2D eigenvalue weighted by atomic mass is 79.9. The van der Waals surface area contributed by atoms with Crippen LogP contribution in [0.25, 0.3) is 6.08 Å². The SMILES string of the molecule is CCOc1cc(/C=C(\C#N)C(=O)Nc2cccc(C)c2C)cc(Br)c1OCc1ccccc1F. The minimum Gasteiger partial charge on any atom is -0.490 e. The molecule has 0 radical (unpaired) electrons. The number of carbonyl (C=O) groups excluding carboxylic acids is 1. The van der Waals surface area contributed by atoms with Crippen molar-refractivity contribution in [3.63, 3.8) is 0 Å². The molecule has 0 aliphatic heterocycles. The number of aryl methyl sites for hydroxylation is 1. The van der Waals surface area contributed by atoms with Crippen LogP contribution in [0.4, 0.5) is 10.1 Å². The molecule has 0 bridgehead atoms. The van der Waals surface area contributed by atoms with Gasteiger partial charge in [-0.2, -0.15) is 5.26 Å². The van der Waals surface area contributed by atoms with Gasteiger partial charge in [0.25, 0.3) is 5.91 Å². The Hall–Kier alpha value is -3.63.